The molecule has 1 rings (SSSR count). The SMILES string of the molecule is CCNCCCCCOCC1CCCC1. The number of rotatable bonds is 9. The number of nitrogens with one attached hydrogen (secondary N) is 1. The molecule has 0 amide bonds. The van der Waals surface area contributed by atoms with Crippen LogP contribution in [-0.2, 0) is 4.74 Å². The average molecular weight is 213 g/mol. The van der Waals surface area contributed by atoms with Gasteiger partial charge in [0.1, 0.15) is 0 Å². The predicted octanol–water partition coefficient (Wildman–Crippen LogP) is 2.97. The van der Waals surface area contributed by atoms with Crippen LogP contribution >= 0.6 is 0 Å². The van der Waals surface area contributed by atoms with Gasteiger partial charge in [0.05, 0.1) is 0 Å². The molecule has 0 aromatic carbocycles. The Morgan fingerprint density at radius 2 is 1.93 bits per heavy atom. The van der Waals surface area contributed by atoms with Crippen molar-refractivity contribution in [2.45, 2.75) is 51.9 Å². The highest BCUT2D eigenvalue weighted by Crippen LogP contribution is 2.24. The zero-order valence-electron chi connectivity index (χ0n) is 10.3. The molecule has 1 fully saturated rings. The first-order valence-corrected chi connectivity index (χ1v) is 6.72. The summed E-state index contributed by atoms with van der Waals surface area (Å²) in [4.78, 5) is 0. The number of hydrogen-bond acceptors (Lipinski definition) is 2. The second kappa shape index (κ2) is 9.17. The molecule has 1 aliphatic carbocycles. The zero-order chi connectivity index (χ0) is 10.8. The summed E-state index contributed by atoms with van der Waals surface area (Å²) in [6.07, 6.45) is 9.49. The van der Waals surface area contributed by atoms with Crippen molar-refractivity contribution in [2.24, 2.45) is 5.92 Å². The summed E-state index contributed by atoms with van der Waals surface area (Å²) >= 11 is 0. The van der Waals surface area contributed by atoms with Gasteiger partial charge in [-0.15, -0.1) is 0 Å². The van der Waals surface area contributed by atoms with Gasteiger partial charge in [-0.05, 0) is 51.1 Å². The van der Waals surface area contributed by atoms with Crippen LogP contribution in [0.15, 0.2) is 0 Å². The Morgan fingerprint density at radius 1 is 1.13 bits per heavy atom. The molecular formula is C13H27NO. The van der Waals surface area contributed by atoms with Gasteiger partial charge in [-0.2, -0.15) is 0 Å². The van der Waals surface area contributed by atoms with E-state index in [0.717, 1.165) is 25.7 Å². The predicted molar refractivity (Wildman–Crippen MR) is 65.2 cm³/mol. The highest BCUT2D eigenvalue weighted by Gasteiger charge is 2.14. The highest BCUT2D eigenvalue weighted by atomic mass is 16.5. The van der Waals surface area contributed by atoms with Crippen molar-refractivity contribution in [1.82, 2.24) is 5.32 Å². The van der Waals surface area contributed by atoms with Gasteiger partial charge >= 0.3 is 0 Å². The van der Waals surface area contributed by atoms with E-state index in [1.165, 1.54) is 51.5 Å². The topological polar surface area (TPSA) is 21.3 Å². The van der Waals surface area contributed by atoms with Crippen LogP contribution in [0.4, 0.5) is 0 Å². The van der Waals surface area contributed by atoms with Crippen molar-refractivity contribution in [1.29, 1.82) is 0 Å². The van der Waals surface area contributed by atoms with Gasteiger partial charge in [-0.3, -0.25) is 0 Å². The maximum Gasteiger partial charge on any atom is 0.0494 e. The third-order valence-electron chi connectivity index (χ3n) is 3.22. The van der Waals surface area contributed by atoms with E-state index in [1.807, 2.05) is 0 Å². The van der Waals surface area contributed by atoms with E-state index in [-0.39, 0.29) is 0 Å². The molecule has 0 saturated heterocycles. The lowest BCUT2D eigenvalue weighted by Crippen LogP contribution is -2.14. The zero-order valence-corrected chi connectivity index (χ0v) is 10.3. The normalized spacial score (nSPS) is 17.4. The Bertz CT molecular complexity index is 132. The Hall–Kier alpha value is -0.0800. The molecule has 0 bridgehead atoms. The van der Waals surface area contributed by atoms with Crippen LogP contribution in [0.25, 0.3) is 0 Å². The summed E-state index contributed by atoms with van der Waals surface area (Å²) in [7, 11) is 0. The fourth-order valence-electron chi connectivity index (χ4n) is 2.23. The van der Waals surface area contributed by atoms with Gasteiger partial charge in [0.25, 0.3) is 0 Å². The van der Waals surface area contributed by atoms with Crippen molar-refractivity contribution in [3.05, 3.63) is 0 Å². The van der Waals surface area contributed by atoms with Crippen molar-refractivity contribution in [3.8, 4) is 0 Å². The third kappa shape index (κ3) is 6.91. The van der Waals surface area contributed by atoms with Crippen molar-refractivity contribution < 1.29 is 4.74 Å². The minimum Gasteiger partial charge on any atom is -0.381 e. The smallest absolute Gasteiger partial charge is 0.0494 e. The van der Waals surface area contributed by atoms with Gasteiger partial charge in [-0.25, -0.2) is 0 Å². The molecule has 1 N–H and O–H groups in total. The number of hydrogen-bond donors (Lipinski definition) is 1. The van der Waals surface area contributed by atoms with E-state index in [0.29, 0.717) is 0 Å². The van der Waals surface area contributed by atoms with E-state index in [2.05, 4.69) is 12.2 Å². The fraction of sp³-hybridized carbons (Fsp3) is 1.00. The largest absolute Gasteiger partial charge is 0.381 e. The molecule has 0 aliphatic heterocycles. The molecule has 0 aromatic rings. The standard InChI is InChI=1S/C13H27NO/c1-2-14-10-6-3-7-11-15-12-13-8-4-5-9-13/h13-14H,2-12H2,1H3. The van der Waals surface area contributed by atoms with Gasteiger partial charge < -0.3 is 10.1 Å². The molecular weight excluding hydrogens is 186 g/mol. The second-order valence-corrected chi connectivity index (χ2v) is 4.64. The molecule has 0 spiro atoms. The molecule has 2 nitrogen and oxygen atoms in total. The quantitative estimate of drug-likeness (QED) is 0.595. The lowest BCUT2D eigenvalue weighted by atomic mass is 10.1. The Kier molecular flexibility index (Phi) is 7.94. The molecule has 0 atom stereocenters. The third-order valence-corrected chi connectivity index (χ3v) is 3.22. The van der Waals surface area contributed by atoms with E-state index in [1.54, 1.807) is 0 Å². The summed E-state index contributed by atoms with van der Waals surface area (Å²) in [6.45, 7) is 6.41. The van der Waals surface area contributed by atoms with Crippen LogP contribution in [0.3, 0.4) is 0 Å². The van der Waals surface area contributed by atoms with Gasteiger partial charge in [0.15, 0.2) is 0 Å². The summed E-state index contributed by atoms with van der Waals surface area (Å²) in [5.41, 5.74) is 0. The Morgan fingerprint density at radius 3 is 2.67 bits per heavy atom. The fourth-order valence-corrected chi connectivity index (χ4v) is 2.23. The van der Waals surface area contributed by atoms with E-state index in [9.17, 15) is 0 Å². The minimum absolute atomic E-state index is 0.881. The molecule has 2 heteroatoms. The molecule has 0 radical (unpaired) electrons. The Labute approximate surface area is 94.8 Å². The van der Waals surface area contributed by atoms with Crippen molar-refractivity contribution >= 4 is 0 Å². The van der Waals surface area contributed by atoms with Crippen molar-refractivity contribution in [2.75, 3.05) is 26.3 Å². The highest BCUT2D eigenvalue weighted by molar-refractivity contribution is 4.66. The van der Waals surface area contributed by atoms with Crippen LogP contribution in [0, 0.1) is 5.92 Å². The lowest BCUT2D eigenvalue weighted by molar-refractivity contribution is 0.0980. The molecule has 90 valence electrons. The monoisotopic (exact) mass is 213 g/mol. The van der Waals surface area contributed by atoms with Crippen LogP contribution in [0.5, 0.6) is 0 Å². The summed E-state index contributed by atoms with van der Waals surface area (Å²) < 4.78 is 5.70. The maximum atomic E-state index is 5.70. The molecule has 0 aromatic heterocycles. The average Bonchev–Trinajstić information content (AvgIpc) is 2.75. The molecule has 1 aliphatic rings. The van der Waals surface area contributed by atoms with E-state index >= 15 is 0 Å². The number of unbranched alkanes of at least 4 members (excludes halogenated alkanes) is 2. The first-order chi connectivity index (χ1) is 7.43. The van der Waals surface area contributed by atoms with Gasteiger partial charge in [-0.1, -0.05) is 19.8 Å². The Balaban J connectivity index is 1.73. The molecule has 1 saturated carbocycles. The van der Waals surface area contributed by atoms with Crippen LogP contribution in [-0.4, -0.2) is 26.3 Å². The minimum atomic E-state index is 0.881. The number of ether oxygens (including phenoxy) is 1. The summed E-state index contributed by atoms with van der Waals surface area (Å²) in [5, 5.41) is 3.34. The van der Waals surface area contributed by atoms with Gasteiger partial charge in [0.2, 0.25) is 0 Å². The molecule has 15 heavy (non-hydrogen) atoms. The molecule has 0 unspecified atom stereocenters. The summed E-state index contributed by atoms with van der Waals surface area (Å²) in [6, 6.07) is 0. The first kappa shape index (κ1) is 13.0. The van der Waals surface area contributed by atoms with Crippen LogP contribution in [0.2, 0.25) is 0 Å². The summed E-state index contributed by atoms with van der Waals surface area (Å²) in [5.74, 6) is 0.881. The van der Waals surface area contributed by atoms with Crippen LogP contribution < -0.4 is 5.32 Å². The van der Waals surface area contributed by atoms with Crippen molar-refractivity contribution in [3.63, 3.8) is 0 Å². The first-order valence-electron chi connectivity index (χ1n) is 6.72. The second-order valence-electron chi connectivity index (χ2n) is 4.64. The van der Waals surface area contributed by atoms with E-state index in [4.69, 9.17) is 4.74 Å². The molecule has 0 heterocycles. The maximum absolute atomic E-state index is 5.70. The van der Waals surface area contributed by atoms with Gasteiger partial charge in [0, 0.05) is 13.2 Å². The lowest BCUT2D eigenvalue weighted by Gasteiger charge is -2.09. The van der Waals surface area contributed by atoms with E-state index < -0.39 is 0 Å². The van der Waals surface area contributed by atoms with Crippen LogP contribution in [0.1, 0.15) is 51.9 Å².